The molecule has 0 radical (unpaired) electrons. The van der Waals surface area contributed by atoms with Crippen molar-refractivity contribution in [3.05, 3.63) is 0 Å². The van der Waals surface area contributed by atoms with E-state index in [2.05, 4.69) is 30.6 Å². The molecule has 0 rings (SSSR count). The van der Waals surface area contributed by atoms with E-state index in [0.717, 1.165) is 0 Å². The van der Waals surface area contributed by atoms with Gasteiger partial charge >= 0.3 is 0 Å². The summed E-state index contributed by atoms with van der Waals surface area (Å²) in [6, 6.07) is 0. The molecule has 0 aromatic heterocycles. The lowest BCUT2D eigenvalue weighted by Gasteiger charge is -2.13. The Bertz CT molecular complexity index is 65.6. The molecule has 2 atom stereocenters. The first-order valence-corrected chi connectivity index (χ1v) is 3.81. The zero-order valence-electron chi connectivity index (χ0n) is 4.86. The van der Waals surface area contributed by atoms with E-state index in [1.54, 1.807) is 0 Å². The van der Waals surface area contributed by atoms with Gasteiger partial charge in [-0.05, 0) is 0 Å². The van der Waals surface area contributed by atoms with Gasteiger partial charge in [-0.1, -0.05) is 0 Å². The molecule has 0 bridgehead atoms. The van der Waals surface area contributed by atoms with Gasteiger partial charge in [0.25, 0.3) is 0 Å². The smallest absolute Gasteiger partial charge is 0.115 e. The van der Waals surface area contributed by atoms with Crippen LogP contribution >= 0.6 is 25.3 Å². The van der Waals surface area contributed by atoms with Crippen molar-refractivity contribution in [2.24, 2.45) is 0 Å². The Kier molecular flexibility index (Phi) is 5.72. The zero-order valence-corrected chi connectivity index (χ0v) is 6.65. The lowest BCUT2D eigenvalue weighted by molar-refractivity contribution is 0.0688. The number of hydrogen-bond donors (Lipinski definition) is 5. The largest absolute Gasteiger partial charge is 0.378 e. The molecule has 0 fully saturated rings. The minimum Gasteiger partial charge on any atom is -0.378 e. The van der Waals surface area contributed by atoms with Crippen LogP contribution in [-0.4, -0.2) is 34.2 Å². The van der Waals surface area contributed by atoms with E-state index in [0.29, 0.717) is 0 Å². The lowest BCUT2D eigenvalue weighted by Crippen LogP contribution is -2.40. The van der Waals surface area contributed by atoms with Gasteiger partial charge in [0.1, 0.15) is 12.5 Å². The van der Waals surface area contributed by atoms with Crippen molar-refractivity contribution in [2.75, 3.05) is 11.5 Å². The van der Waals surface area contributed by atoms with Crippen LogP contribution in [0.2, 0.25) is 0 Å². The topological polar surface area (TPSA) is 52.5 Å². The molecule has 5 heteroatoms. The molecular formula is C4H11NO2S2. The lowest BCUT2D eigenvalue weighted by atomic mass is 10.5. The Morgan fingerprint density at radius 1 is 1.11 bits per heavy atom. The molecule has 0 aromatic rings. The molecule has 0 amide bonds. The summed E-state index contributed by atoms with van der Waals surface area (Å²) in [6.45, 7) is 0. The minimum atomic E-state index is -0.754. The predicted molar refractivity (Wildman–Crippen MR) is 42.9 cm³/mol. The Hall–Kier alpha value is 0.580. The van der Waals surface area contributed by atoms with E-state index in [1.807, 2.05) is 0 Å². The average Bonchev–Trinajstić information content (AvgIpc) is 1.87. The summed E-state index contributed by atoms with van der Waals surface area (Å²) >= 11 is 7.56. The highest BCUT2D eigenvalue weighted by atomic mass is 32.1. The van der Waals surface area contributed by atoms with Gasteiger partial charge in [-0.2, -0.15) is 25.3 Å². The predicted octanol–water partition coefficient (Wildman–Crippen LogP) is -0.928. The van der Waals surface area contributed by atoms with Gasteiger partial charge in [0.05, 0.1) is 0 Å². The van der Waals surface area contributed by atoms with E-state index in [-0.39, 0.29) is 11.5 Å². The fourth-order valence-corrected chi connectivity index (χ4v) is 0.538. The number of aliphatic hydroxyl groups excluding tert-OH is 2. The molecular weight excluding hydrogens is 158 g/mol. The van der Waals surface area contributed by atoms with Gasteiger partial charge in [0, 0.05) is 11.5 Å². The normalized spacial score (nSPS) is 17.3. The molecule has 0 aromatic carbocycles. The maximum absolute atomic E-state index is 8.78. The third-order valence-corrected chi connectivity index (χ3v) is 1.42. The Balaban J connectivity index is 3.22. The van der Waals surface area contributed by atoms with Crippen LogP contribution in [0.1, 0.15) is 0 Å². The SMILES string of the molecule is OC(CS)NC(O)CS. The summed E-state index contributed by atoms with van der Waals surface area (Å²) in [6.07, 6.45) is -1.51. The zero-order chi connectivity index (χ0) is 7.28. The molecule has 0 aliphatic carbocycles. The van der Waals surface area contributed by atoms with Crippen molar-refractivity contribution in [1.82, 2.24) is 5.32 Å². The molecule has 0 spiro atoms. The average molecular weight is 169 g/mol. The summed E-state index contributed by atoms with van der Waals surface area (Å²) in [5.74, 6) is 0.565. The summed E-state index contributed by atoms with van der Waals surface area (Å²) in [5.41, 5.74) is 0. The van der Waals surface area contributed by atoms with Crippen molar-refractivity contribution < 1.29 is 10.2 Å². The molecule has 0 heterocycles. The molecule has 0 saturated carbocycles. The Labute approximate surface area is 65.3 Å². The second kappa shape index (κ2) is 5.37. The number of rotatable bonds is 4. The van der Waals surface area contributed by atoms with Gasteiger partial charge in [0.15, 0.2) is 0 Å². The highest BCUT2D eigenvalue weighted by Crippen LogP contribution is 1.86. The van der Waals surface area contributed by atoms with Crippen molar-refractivity contribution in [1.29, 1.82) is 0 Å². The van der Waals surface area contributed by atoms with E-state index < -0.39 is 12.5 Å². The van der Waals surface area contributed by atoms with Crippen molar-refractivity contribution in [2.45, 2.75) is 12.5 Å². The van der Waals surface area contributed by atoms with Gasteiger partial charge < -0.3 is 10.2 Å². The maximum Gasteiger partial charge on any atom is 0.115 e. The highest BCUT2D eigenvalue weighted by molar-refractivity contribution is 7.80. The van der Waals surface area contributed by atoms with Gasteiger partial charge in [-0.15, -0.1) is 0 Å². The number of nitrogens with one attached hydrogen (secondary N) is 1. The van der Waals surface area contributed by atoms with Gasteiger partial charge in [-0.3, -0.25) is 5.32 Å². The van der Waals surface area contributed by atoms with Crippen LogP contribution in [0.25, 0.3) is 0 Å². The molecule has 0 saturated heterocycles. The molecule has 3 N–H and O–H groups in total. The third-order valence-electron chi connectivity index (χ3n) is 0.731. The fourth-order valence-electron chi connectivity index (χ4n) is 0.327. The summed E-state index contributed by atoms with van der Waals surface area (Å²) in [7, 11) is 0. The molecule has 0 aliphatic heterocycles. The monoisotopic (exact) mass is 169 g/mol. The van der Waals surface area contributed by atoms with Crippen LogP contribution in [0.4, 0.5) is 0 Å². The van der Waals surface area contributed by atoms with E-state index in [4.69, 9.17) is 10.2 Å². The first kappa shape index (κ1) is 9.58. The molecule has 56 valence electrons. The number of aliphatic hydroxyl groups is 2. The molecule has 0 aliphatic rings. The quantitative estimate of drug-likeness (QED) is 0.279. The summed E-state index contributed by atoms with van der Waals surface area (Å²) in [4.78, 5) is 0. The van der Waals surface area contributed by atoms with Crippen molar-refractivity contribution >= 4 is 25.3 Å². The minimum absolute atomic E-state index is 0.283. The fraction of sp³-hybridized carbons (Fsp3) is 1.00. The van der Waals surface area contributed by atoms with Crippen LogP contribution in [0, 0.1) is 0 Å². The Morgan fingerprint density at radius 3 is 1.67 bits per heavy atom. The van der Waals surface area contributed by atoms with Crippen molar-refractivity contribution in [3.63, 3.8) is 0 Å². The van der Waals surface area contributed by atoms with Crippen molar-refractivity contribution in [3.8, 4) is 0 Å². The third kappa shape index (κ3) is 5.05. The molecule has 3 nitrogen and oxygen atoms in total. The van der Waals surface area contributed by atoms with E-state index >= 15 is 0 Å². The van der Waals surface area contributed by atoms with Crippen LogP contribution < -0.4 is 5.32 Å². The maximum atomic E-state index is 8.78. The van der Waals surface area contributed by atoms with E-state index in [1.165, 1.54) is 0 Å². The first-order chi connectivity index (χ1) is 4.20. The summed E-state index contributed by atoms with van der Waals surface area (Å²) < 4.78 is 0. The summed E-state index contributed by atoms with van der Waals surface area (Å²) in [5, 5.41) is 20.0. The second-order valence-electron chi connectivity index (χ2n) is 1.56. The second-order valence-corrected chi connectivity index (χ2v) is 2.29. The molecule has 2 unspecified atom stereocenters. The van der Waals surface area contributed by atoms with Crippen LogP contribution in [0.5, 0.6) is 0 Å². The van der Waals surface area contributed by atoms with Gasteiger partial charge in [0.2, 0.25) is 0 Å². The number of thiol groups is 2. The highest BCUT2D eigenvalue weighted by Gasteiger charge is 2.04. The van der Waals surface area contributed by atoms with E-state index in [9.17, 15) is 0 Å². The standard InChI is InChI=1S/C4H11NO2S2/c6-3(1-8)5-4(7)2-9/h3-9H,1-2H2. The molecule has 9 heavy (non-hydrogen) atoms. The Morgan fingerprint density at radius 2 is 1.44 bits per heavy atom. The van der Waals surface area contributed by atoms with Crippen LogP contribution in [0.15, 0.2) is 0 Å². The van der Waals surface area contributed by atoms with Gasteiger partial charge in [-0.25, -0.2) is 0 Å². The number of hydrogen-bond acceptors (Lipinski definition) is 5. The first-order valence-electron chi connectivity index (χ1n) is 2.54. The van der Waals surface area contributed by atoms with Crippen LogP contribution in [0.3, 0.4) is 0 Å². The van der Waals surface area contributed by atoms with Crippen LogP contribution in [-0.2, 0) is 0 Å².